The first-order valence-corrected chi connectivity index (χ1v) is 6.55. The maximum absolute atomic E-state index is 12.0. The Morgan fingerprint density at radius 3 is 2.18 bits per heavy atom. The fourth-order valence-electron chi connectivity index (χ4n) is 1.77. The van der Waals surface area contributed by atoms with Crippen LogP contribution in [0.1, 0.15) is 13.8 Å². The molecule has 0 aliphatic carbocycles. The Morgan fingerprint density at radius 1 is 1.24 bits per heavy atom. The van der Waals surface area contributed by atoms with Crippen LogP contribution in [0.3, 0.4) is 0 Å². The fourth-order valence-corrected chi connectivity index (χ4v) is 2.02. The predicted octanol–water partition coefficient (Wildman–Crippen LogP) is 0.0501. The zero-order valence-electron chi connectivity index (χ0n) is 10.6. The lowest BCUT2D eigenvalue weighted by molar-refractivity contribution is -0.134. The van der Waals surface area contributed by atoms with Crippen molar-refractivity contribution in [2.75, 3.05) is 39.8 Å². The summed E-state index contributed by atoms with van der Waals surface area (Å²) in [6, 6.07) is 0. The van der Waals surface area contributed by atoms with Gasteiger partial charge in [0.05, 0.1) is 10.9 Å². The van der Waals surface area contributed by atoms with Crippen molar-refractivity contribution in [1.29, 1.82) is 0 Å². The smallest absolute Gasteiger partial charge is 0.238 e. The molecule has 0 radical (unpaired) electrons. The highest BCUT2D eigenvalue weighted by molar-refractivity contribution is 9.10. The Balaban J connectivity index is 2.41. The minimum Gasteiger partial charge on any atom is -0.358 e. The molecule has 2 amide bonds. The highest BCUT2D eigenvalue weighted by atomic mass is 79.9. The number of hydrogen-bond acceptors (Lipinski definition) is 3. The van der Waals surface area contributed by atoms with Crippen LogP contribution in [0.15, 0.2) is 0 Å². The maximum atomic E-state index is 12.0. The van der Waals surface area contributed by atoms with Crippen LogP contribution in [0.25, 0.3) is 0 Å². The second-order valence-electron chi connectivity index (χ2n) is 4.71. The van der Waals surface area contributed by atoms with Crippen molar-refractivity contribution < 1.29 is 9.59 Å². The summed E-state index contributed by atoms with van der Waals surface area (Å²) in [7, 11) is 1.63. The molecule has 1 heterocycles. The van der Waals surface area contributed by atoms with E-state index in [4.69, 9.17) is 0 Å². The van der Waals surface area contributed by atoms with E-state index in [0.29, 0.717) is 19.6 Å². The van der Waals surface area contributed by atoms with Gasteiger partial charge in [-0.3, -0.25) is 14.5 Å². The maximum Gasteiger partial charge on any atom is 0.238 e. The molecule has 1 aliphatic rings. The monoisotopic (exact) mass is 305 g/mol. The zero-order valence-corrected chi connectivity index (χ0v) is 12.2. The number of carbonyl (C=O) groups is 2. The van der Waals surface area contributed by atoms with Gasteiger partial charge in [0.2, 0.25) is 11.8 Å². The van der Waals surface area contributed by atoms with Crippen LogP contribution in [0.4, 0.5) is 0 Å². The van der Waals surface area contributed by atoms with Crippen molar-refractivity contribution in [3.63, 3.8) is 0 Å². The summed E-state index contributed by atoms with van der Waals surface area (Å²) in [5.41, 5.74) is 0. The lowest BCUT2D eigenvalue weighted by Crippen LogP contribution is -2.53. The first kappa shape index (κ1) is 14.4. The van der Waals surface area contributed by atoms with Gasteiger partial charge >= 0.3 is 0 Å². The van der Waals surface area contributed by atoms with E-state index in [-0.39, 0.29) is 11.8 Å². The molecule has 0 saturated carbocycles. The van der Waals surface area contributed by atoms with E-state index < -0.39 is 4.32 Å². The number of rotatable bonds is 3. The van der Waals surface area contributed by atoms with E-state index in [2.05, 4.69) is 26.1 Å². The van der Waals surface area contributed by atoms with Crippen LogP contribution in [0.2, 0.25) is 0 Å². The second-order valence-corrected chi connectivity index (χ2v) is 6.70. The van der Waals surface area contributed by atoms with Gasteiger partial charge in [0.1, 0.15) is 0 Å². The average Bonchev–Trinajstić information content (AvgIpc) is 2.27. The molecule has 0 aromatic heterocycles. The van der Waals surface area contributed by atoms with Crippen molar-refractivity contribution in [3.05, 3.63) is 0 Å². The van der Waals surface area contributed by atoms with E-state index in [1.165, 1.54) is 0 Å². The summed E-state index contributed by atoms with van der Waals surface area (Å²) in [5.74, 6) is 0.127. The SMILES string of the molecule is CNC(=O)CN1CCN(C(=O)C(C)(C)Br)CC1. The van der Waals surface area contributed by atoms with Crippen molar-refractivity contribution in [1.82, 2.24) is 15.1 Å². The van der Waals surface area contributed by atoms with Crippen LogP contribution in [0.5, 0.6) is 0 Å². The molecule has 6 heteroatoms. The van der Waals surface area contributed by atoms with Gasteiger partial charge in [-0.1, -0.05) is 15.9 Å². The summed E-state index contributed by atoms with van der Waals surface area (Å²) < 4.78 is -0.504. The van der Waals surface area contributed by atoms with E-state index in [9.17, 15) is 9.59 Å². The molecule has 0 aromatic rings. The third kappa shape index (κ3) is 4.27. The summed E-state index contributed by atoms with van der Waals surface area (Å²) >= 11 is 3.38. The molecule has 1 N–H and O–H groups in total. The standard InChI is InChI=1S/C11H20BrN3O2/c1-11(2,12)10(17)15-6-4-14(5-7-15)8-9(16)13-3/h4-8H2,1-3H3,(H,13,16). The molecule has 1 aliphatic heterocycles. The van der Waals surface area contributed by atoms with E-state index >= 15 is 0 Å². The lowest BCUT2D eigenvalue weighted by atomic mass is 10.1. The Hall–Kier alpha value is -0.620. The molecule has 1 saturated heterocycles. The lowest BCUT2D eigenvalue weighted by Gasteiger charge is -2.36. The molecule has 0 aromatic carbocycles. The number of halogens is 1. The third-order valence-corrected chi connectivity index (χ3v) is 3.15. The molecule has 0 bridgehead atoms. The van der Waals surface area contributed by atoms with Gasteiger partial charge in [-0.15, -0.1) is 0 Å². The number of likely N-dealkylation sites (N-methyl/N-ethyl adjacent to an activating group) is 1. The average molecular weight is 306 g/mol. The van der Waals surface area contributed by atoms with Crippen LogP contribution in [0, 0.1) is 0 Å². The molecule has 1 rings (SSSR count). The van der Waals surface area contributed by atoms with E-state index in [0.717, 1.165) is 13.1 Å². The minimum absolute atomic E-state index is 0.0191. The molecule has 17 heavy (non-hydrogen) atoms. The van der Waals surface area contributed by atoms with Crippen LogP contribution < -0.4 is 5.32 Å². The van der Waals surface area contributed by atoms with Crippen molar-refractivity contribution >= 4 is 27.7 Å². The summed E-state index contributed by atoms with van der Waals surface area (Å²) in [5, 5.41) is 2.60. The predicted molar refractivity (Wildman–Crippen MR) is 70.1 cm³/mol. The van der Waals surface area contributed by atoms with Gasteiger partial charge in [0.15, 0.2) is 0 Å². The quantitative estimate of drug-likeness (QED) is 0.750. The number of amides is 2. The Labute approximate surface area is 111 Å². The molecular weight excluding hydrogens is 286 g/mol. The van der Waals surface area contributed by atoms with Gasteiger partial charge in [-0.25, -0.2) is 0 Å². The summed E-state index contributed by atoms with van der Waals surface area (Å²) in [6.45, 7) is 6.99. The molecule has 0 spiro atoms. The van der Waals surface area contributed by atoms with Crippen LogP contribution in [-0.4, -0.2) is 65.7 Å². The second kappa shape index (κ2) is 5.82. The highest BCUT2D eigenvalue weighted by Gasteiger charge is 2.31. The zero-order chi connectivity index (χ0) is 13.1. The fraction of sp³-hybridized carbons (Fsp3) is 0.818. The van der Waals surface area contributed by atoms with Gasteiger partial charge in [0, 0.05) is 33.2 Å². The molecule has 5 nitrogen and oxygen atoms in total. The highest BCUT2D eigenvalue weighted by Crippen LogP contribution is 2.20. The molecule has 0 unspecified atom stereocenters. The van der Waals surface area contributed by atoms with Crippen molar-refractivity contribution in [2.45, 2.75) is 18.2 Å². The topological polar surface area (TPSA) is 52.7 Å². The largest absolute Gasteiger partial charge is 0.358 e. The molecule has 1 fully saturated rings. The van der Waals surface area contributed by atoms with Gasteiger partial charge < -0.3 is 10.2 Å². The van der Waals surface area contributed by atoms with E-state index in [1.54, 1.807) is 7.05 Å². The molecule has 98 valence electrons. The number of hydrogen-bond donors (Lipinski definition) is 1. The Morgan fingerprint density at radius 2 is 1.76 bits per heavy atom. The van der Waals surface area contributed by atoms with E-state index in [1.807, 2.05) is 18.7 Å². The van der Waals surface area contributed by atoms with Gasteiger partial charge in [-0.05, 0) is 13.8 Å². The number of piperazine rings is 1. The van der Waals surface area contributed by atoms with Crippen LogP contribution >= 0.6 is 15.9 Å². The van der Waals surface area contributed by atoms with Gasteiger partial charge in [0.25, 0.3) is 0 Å². The molecular formula is C11H20BrN3O2. The first-order valence-electron chi connectivity index (χ1n) is 5.76. The van der Waals surface area contributed by atoms with Crippen molar-refractivity contribution in [3.8, 4) is 0 Å². The van der Waals surface area contributed by atoms with Gasteiger partial charge in [-0.2, -0.15) is 0 Å². The molecule has 0 atom stereocenters. The first-order chi connectivity index (χ1) is 7.84. The number of nitrogens with zero attached hydrogens (tertiary/aromatic N) is 2. The Kier molecular flexibility index (Phi) is 4.94. The Bertz CT molecular complexity index is 294. The summed E-state index contributed by atoms with van der Waals surface area (Å²) in [4.78, 5) is 27.1. The minimum atomic E-state index is -0.504. The van der Waals surface area contributed by atoms with Crippen LogP contribution in [-0.2, 0) is 9.59 Å². The third-order valence-electron chi connectivity index (χ3n) is 2.81. The summed E-state index contributed by atoms with van der Waals surface area (Å²) in [6.07, 6.45) is 0. The number of alkyl halides is 1. The number of carbonyl (C=O) groups excluding carboxylic acids is 2. The number of nitrogens with one attached hydrogen (secondary N) is 1. The van der Waals surface area contributed by atoms with Crippen molar-refractivity contribution in [2.24, 2.45) is 0 Å². The normalized spacial score (nSPS) is 18.0.